The third-order valence-electron chi connectivity index (χ3n) is 9.22. The number of benzene rings is 2. The number of aliphatic hydroxyl groups excluding tert-OH is 1. The zero-order valence-electron chi connectivity index (χ0n) is 32.2. The van der Waals surface area contributed by atoms with Crippen LogP contribution < -0.4 is 20.1 Å². The molecule has 13 nitrogen and oxygen atoms in total. The molecule has 3 amide bonds. The van der Waals surface area contributed by atoms with Crippen molar-refractivity contribution < 1.29 is 34.1 Å². The molecule has 0 spiro atoms. The minimum atomic E-state index is -1.22. The van der Waals surface area contributed by atoms with E-state index in [1.807, 2.05) is 81.1 Å². The second-order valence-electron chi connectivity index (χ2n) is 15.0. The van der Waals surface area contributed by atoms with Crippen molar-refractivity contribution in [2.75, 3.05) is 40.4 Å². The van der Waals surface area contributed by atoms with E-state index in [1.54, 1.807) is 34.3 Å². The van der Waals surface area contributed by atoms with E-state index in [-0.39, 0.29) is 24.9 Å². The fraction of sp³-hybridized carbons (Fsp3) is 0.538. The molecule has 3 aromatic rings. The lowest BCUT2D eigenvalue weighted by atomic mass is 9.97. The van der Waals surface area contributed by atoms with Crippen LogP contribution in [0.4, 0.5) is 4.79 Å². The molecule has 4 atom stereocenters. The van der Waals surface area contributed by atoms with Crippen molar-refractivity contribution in [1.29, 1.82) is 0 Å². The molecule has 0 bridgehead atoms. The van der Waals surface area contributed by atoms with Crippen LogP contribution in [0.3, 0.4) is 0 Å². The summed E-state index contributed by atoms with van der Waals surface area (Å²) in [6, 6.07) is 12.9. The van der Waals surface area contributed by atoms with Gasteiger partial charge in [0.1, 0.15) is 12.1 Å². The lowest BCUT2D eigenvalue weighted by Crippen LogP contribution is -2.63. The van der Waals surface area contributed by atoms with Crippen LogP contribution in [0, 0.1) is 12.8 Å². The van der Waals surface area contributed by atoms with Crippen LogP contribution in [0.25, 0.3) is 0 Å². The molecule has 0 saturated carbocycles. The number of aliphatic hydroxyl groups is 1. The van der Waals surface area contributed by atoms with Crippen molar-refractivity contribution >= 4 is 29.2 Å². The van der Waals surface area contributed by atoms with Gasteiger partial charge in [-0.15, -0.1) is 11.3 Å². The van der Waals surface area contributed by atoms with E-state index in [2.05, 4.69) is 20.5 Å². The summed E-state index contributed by atoms with van der Waals surface area (Å²) in [4.78, 5) is 50.8. The molecule has 4 rings (SSSR count). The molecule has 14 heteroatoms. The van der Waals surface area contributed by atoms with Gasteiger partial charge in [0.15, 0.2) is 11.5 Å². The maximum Gasteiger partial charge on any atom is 0.408 e. The van der Waals surface area contributed by atoms with Crippen molar-refractivity contribution in [3.8, 4) is 11.5 Å². The topological polar surface area (TPSA) is 157 Å². The van der Waals surface area contributed by atoms with Crippen molar-refractivity contribution in [1.82, 2.24) is 30.3 Å². The Bertz CT molecular complexity index is 1660. The highest BCUT2D eigenvalue weighted by atomic mass is 32.1. The van der Waals surface area contributed by atoms with Gasteiger partial charge in [-0.1, -0.05) is 50.2 Å². The number of hydrogen-bond acceptors (Lipinski definition) is 10. The number of piperazine rings is 1. The predicted molar refractivity (Wildman–Crippen MR) is 205 cm³/mol. The molecular formula is C39H56N6O7S. The molecule has 4 N–H and O–H groups in total. The van der Waals surface area contributed by atoms with Gasteiger partial charge in [0, 0.05) is 49.3 Å². The Labute approximate surface area is 317 Å². The molecule has 2 aromatic carbocycles. The standard InChI is InChI=1S/C39H56N6O7S/c1-25(2)35(45(38(49)50)22-29-20-40-26(3)53-29)37(48)41-30(18-27-12-10-9-11-13-27)32(46)24-44-17-16-43(23-31(44)36(47)42-39(4,5)6)21-28-14-15-33(51-7)34(19-28)52-8/h9-15,19-20,25,30-32,35,46H,16-18,21-24H2,1-8H3,(H,41,48)(H,42,47)(H,49,50)/t30-,31-,32+,35-/m0/s1. The van der Waals surface area contributed by atoms with E-state index in [0.29, 0.717) is 44.1 Å². The first-order valence-electron chi connectivity index (χ1n) is 18.0. The number of carbonyl (C=O) groups is 3. The summed E-state index contributed by atoms with van der Waals surface area (Å²) in [6.07, 6.45) is -0.370. The molecule has 0 aliphatic carbocycles. The molecule has 53 heavy (non-hydrogen) atoms. The second kappa shape index (κ2) is 18.7. The Balaban J connectivity index is 1.57. The predicted octanol–water partition coefficient (Wildman–Crippen LogP) is 4.16. The monoisotopic (exact) mass is 752 g/mol. The third kappa shape index (κ3) is 11.9. The quantitative estimate of drug-likeness (QED) is 0.168. The smallest absolute Gasteiger partial charge is 0.408 e. The number of thiazole rings is 1. The number of β-amino-alcohol motifs (C(OH)–C–C–N with tert-alkyl or cyclic N) is 1. The Morgan fingerprint density at radius 3 is 2.32 bits per heavy atom. The molecule has 1 aliphatic rings. The Morgan fingerprint density at radius 2 is 1.74 bits per heavy atom. The summed E-state index contributed by atoms with van der Waals surface area (Å²) in [5, 5.41) is 29.2. The number of aromatic nitrogens is 1. The number of hydrogen-bond donors (Lipinski definition) is 4. The number of rotatable bonds is 16. The van der Waals surface area contributed by atoms with Crippen LogP contribution in [0.5, 0.6) is 11.5 Å². The molecule has 2 heterocycles. The molecule has 290 valence electrons. The number of methoxy groups -OCH3 is 2. The van der Waals surface area contributed by atoms with Crippen LogP contribution in [0.1, 0.15) is 55.6 Å². The van der Waals surface area contributed by atoms with Gasteiger partial charge in [0.2, 0.25) is 11.8 Å². The summed E-state index contributed by atoms with van der Waals surface area (Å²) in [7, 11) is 3.19. The van der Waals surface area contributed by atoms with Gasteiger partial charge in [-0.05, 0) is 63.3 Å². The van der Waals surface area contributed by atoms with Crippen molar-refractivity contribution in [2.24, 2.45) is 5.92 Å². The summed E-state index contributed by atoms with van der Waals surface area (Å²) >= 11 is 1.38. The zero-order chi connectivity index (χ0) is 38.9. The van der Waals surface area contributed by atoms with Crippen LogP contribution in [-0.4, -0.2) is 118 Å². The second-order valence-corrected chi connectivity index (χ2v) is 16.3. The van der Waals surface area contributed by atoms with Gasteiger partial charge in [-0.25, -0.2) is 9.78 Å². The average molecular weight is 753 g/mol. The summed E-state index contributed by atoms with van der Waals surface area (Å²) in [5.41, 5.74) is 1.43. The number of aryl methyl sites for hydroxylation is 1. The van der Waals surface area contributed by atoms with Crippen molar-refractivity contribution in [2.45, 2.75) is 90.8 Å². The first kappa shape index (κ1) is 41.5. The zero-order valence-corrected chi connectivity index (χ0v) is 33.0. The lowest BCUT2D eigenvalue weighted by Gasteiger charge is -2.43. The summed E-state index contributed by atoms with van der Waals surface area (Å²) in [5.74, 6) is 0.259. The molecule has 0 unspecified atom stereocenters. The highest BCUT2D eigenvalue weighted by Gasteiger charge is 2.38. The molecule has 0 radical (unpaired) electrons. The first-order valence-corrected chi connectivity index (χ1v) is 18.8. The molecule has 1 fully saturated rings. The SMILES string of the molecule is COc1ccc(CN2CCN(C[C@@H](O)[C@H](Cc3ccccc3)NC(=O)[C@H](C(C)C)N(Cc3cnc(C)s3)C(=O)O)[C@H](C(=O)NC(C)(C)C)C2)cc1OC. The van der Waals surface area contributed by atoms with E-state index in [1.165, 1.54) is 11.3 Å². The summed E-state index contributed by atoms with van der Waals surface area (Å²) in [6.45, 7) is 13.5. The van der Waals surface area contributed by atoms with Crippen molar-refractivity contribution in [3.63, 3.8) is 0 Å². The van der Waals surface area contributed by atoms with Gasteiger partial charge in [-0.3, -0.25) is 24.3 Å². The number of nitrogens with zero attached hydrogens (tertiary/aromatic N) is 4. The Morgan fingerprint density at radius 1 is 1.04 bits per heavy atom. The largest absolute Gasteiger partial charge is 0.493 e. The summed E-state index contributed by atoms with van der Waals surface area (Å²) < 4.78 is 10.9. The molecule has 1 aromatic heterocycles. The van der Waals surface area contributed by atoms with Crippen LogP contribution in [-0.2, 0) is 29.1 Å². The van der Waals surface area contributed by atoms with Gasteiger partial charge in [-0.2, -0.15) is 0 Å². The van der Waals surface area contributed by atoms with E-state index < -0.39 is 41.8 Å². The maximum absolute atomic E-state index is 14.1. The van der Waals surface area contributed by atoms with Gasteiger partial charge in [0.05, 0.1) is 37.9 Å². The van der Waals surface area contributed by atoms with E-state index in [4.69, 9.17) is 9.47 Å². The first-order chi connectivity index (χ1) is 25.1. The van der Waals surface area contributed by atoms with Gasteiger partial charge >= 0.3 is 6.09 Å². The minimum absolute atomic E-state index is 0.0150. The third-order valence-corrected chi connectivity index (χ3v) is 10.1. The normalized spacial score (nSPS) is 17.1. The highest BCUT2D eigenvalue weighted by molar-refractivity contribution is 7.11. The number of ether oxygens (including phenoxy) is 2. The van der Waals surface area contributed by atoms with Crippen LogP contribution in [0.2, 0.25) is 0 Å². The number of carboxylic acid groups (broad SMARTS) is 1. The van der Waals surface area contributed by atoms with Gasteiger partial charge < -0.3 is 30.3 Å². The average Bonchev–Trinajstić information content (AvgIpc) is 3.51. The van der Waals surface area contributed by atoms with Crippen molar-refractivity contribution in [3.05, 3.63) is 75.7 Å². The number of carbonyl (C=O) groups excluding carboxylic acids is 2. The van der Waals surface area contributed by atoms with E-state index in [9.17, 15) is 24.6 Å². The Hall–Kier alpha value is -4.24. The minimum Gasteiger partial charge on any atom is -0.493 e. The fourth-order valence-corrected chi connectivity index (χ4v) is 7.49. The maximum atomic E-state index is 14.1. The number of amides is 3. The molecular weight excluding hydrogens is 697 g/mol. The van der Waals surface area contributed by atoms with Crippen LogP contribution >= 0.6 is 11.3 Å². The fourth-order valence-electron chi connectivity index (χ4n) is 6.70. The van der Waals surface area contributed by atoms with Crippen LogP contribution in [0.15, 0.2) is 54.7 Å². The van der Waals surface area contributed by atoms with Gasteiger partial charge in [0.25, 0.3) is 0 Å². The lowest BCUT2D eigenvalue weighted by molar-refractivity contribution is -0.133. The number of nitrogens with one attached hydrogen (secondary N) is 2. The van der Waals surface area contributed by atoms with E-state index in [0.717, 1.165) is 25.9 Å². The molecule has 1 aliphatic heterocycles. The Kier molecular flexibility index (Phi) is 14.6. The molecule has 1 saturated heterocycles. The highest BCUT2D eigenvalue weighted by Crippen LogP contribution is 2.29. The van der Waals surface area contributed by atoms with E-state index >= 15 is 0 Å².